The number of ether oxygens (including phenoxy) is 1. The molecule has 0 radical (unpaired) electrons. The number of halogens is 2. The number of hydrogen-bond donors (Lipinski definition) is 0. The minimum atomic E-state index is -0.731. The number of esters is 1. The molecule has 2 rings (SSSR count). The summed E-state index contributed by atoms with van der Waals surface area (Å²) >= 11 is 0. The third kappa shape index (κ3) is 1.51. The second-order valence-corrected chi connectivity index (χ2v) is 2.87. The summed E-state index contributed by atoms with van der Waals surface area (Å²) in [6.07, 6.45) is 1.60. The van der Waals surface area contributed by atoms with Gasteiger partial charge in [-0.05, 0) is 18.2 Å². The Morgan fingerprint density at radius 3 is 2.64 bits per heavy atom. The third-order valence-electron chi connectivity index (χ3n) is 1.87. The van der Waals surface area contributed by atoms with Crippen molar-refractivity contribution in [3.8, 4) is 0 Å². The smallest absolute Gasteiger partial charge is 0.315 e. The molecule has 0 saturated carbocycles. The van der Waals surface area contributed by atoms with Crippen LogP contribution in [0.1, 0.15) is 12.0 Å². The van der Waals surface area contributed by atoms with Crippen molar-refractivity contribution in [1.29, 1.82) is 0 Å². The first-order chi connectivity index (χ1) is 6.66. The summed E-state index contributed by atoms with van der Waals surface area (Å²) in [6.45, 7) is 0. The van der Waals surface area contributed by atoms with Gasteiger partial charge in [-0.25, -0.2) is 8.78 Å². The maximum absolute atomic E-state index is 13.2. The number of cyclic esters (lactones) is 1. The Morgan fingerprint density at radius 1 is 1.29 bits per heavy atom. The Labute approximate surface area is 78.8 Å². The fraction of sp³-hybridized carbons (Fsp3) is 0.100. The Bertz CT molecular complexity index is 424. The second kappa shape index (κ2) is 3.21. The van der Waals surface area contributed by atoms with E-state index in [4.69, 9.17) is 4.74 Å². The summed E-state index contributed by atoms with van der Waals surface area (Å²) in [5, 5.41) is 0. The fourth-order valence-corrected chi connectivity index (χ4v) is 1.24. The molecule has 72 valence electrons. The lowest BCUT2D eigenvalue weighted by Crippen LogP contribution is -1.96. The van der Waals surface area contributed by atoms with E-state index in [9.17, 15) is 13.6 Å². The van der Waals surface area contributed by atoms with Gasteiger partial charge in [-0.1, -0.05) is 0 Å². The molecule has 0 saturated heterocycles. The number of carbonyl (C=O) groups is 1. The molecule has 0 fully saturated rings. The van der Waals surface area contributed by atoms with Crippen LogP contribution in [0.3, 0.4) is 0 Å². The number of hydrogen-bond acceptors (Lipinski definition) is 2. The van der Waals surface area contributed by atoms with Crippen LogP contribution in [-0.4, -0.2) is 5.97 Å². The van der Waals surface area contributed by atoms with Gasteiger partial charge < -0.3 is 4.74 Å². The summed E-state index contributed by atoms with van der Waals surface area (Å²) in [4.78, 5) is 10.7. The third-order valence-corrected chi connectivity index (χ3v) is 1.87. The van der Waals surface area contributed by atoms with Crippen molar-refractivity contribution in [1.82, 2.24) is 0 Å². The lowest BCUT2D eigenvalue weighted by Gasteiger charge is -2.03. The van der Waals surface area contributed by atoms with Crippen LogP contribution in [0.4, 0.5) is 8.78 Å². The van der Waals surface area contributed by atoms with Gasteiger partial charge in [-0.2, -0.15) is 0 Å². The van der Waals surface area contributed by atoms with Crippen LogP contribution < -0.4 is 0 Å². The van der Waals surface area contributed by atoms with Crippen LogP contribution in [-0.2, 0) is 9.53 Å². The van der Waals surface area contributed by atoms with Crippen LogP contribution in [0.5, 0.6) is 0 Å². The van der Waals surface area contributed by atoms with Crippen molar-refractivity contribution in [2.24, 2.45) is 0 Å². The first kappa shape index (κ1) is 8.87. The van der Waals surface area contributed by atoms with Crippen LogP contribution in [0.15, 0.2) is 24.3 Å². The largest absolute Gasteiger partial charge is 0.426 e. The molecule has 14 heavy (non-hydrogen) atoms. The molecule has 0 aromatic heterocycles. The first-order valence-electron chi connectivity index (χ1n) is 4.03. The van der Waals surface area contributed by atoms with E-state index in [1.807, 2.05) is 0 Å². The predicted octanol–water partition coefficient (Wildman–Crippen LogP) is 2.25. The summed E-state index contributed by atoms with van der Waals surface area (Å²) in [5.74, 6) is -1.65. The normalized spacial score (nSPS) is 15.3. The molecule has 0 aliphatic carbocycles. The van der Waals surface area contributed by atoms with Gasteiger partial charge in [0.25, 0.3) is 0 Å². The van der Waals surface area contributed by atoms with Gasteiger partial charge >= 0.3 is 5.97 Å². The van der Waals surface area contributed by atoms with Crippen LogP contribution in [0, 0.1) is 11.6 Å². The van der Waals surface area contributed by atoms with Gasteiger partial charge in [0.05, 0.1) is 12.0 Å². The molecule has 0 spiro atoms. The van der Waals surface area contributed by atoms with Gasteiger partial charge in [-0.3, -0.25) is 4.79 Å². The van der Waals surface area contributed by atoms with E-state index in [0.29, 0.717) is 0 Å². The summed E-state index contributed by atoms with van der Waals surface area (Å²) in [6, 6.07) is 3.11. The van der Waals surface area contributed by atoms with Crippen LogP contribution >= 0.6 is 0 Å². The van der Waals surface area contributed by atoms with E-state index in [0.717, 1.165) is 12.1 Å². The highest BCUT2D eigenvalue weighted by molar-refractivity contribution is 5.85. The topological polar surface area (TPSA) is 26.3 Å². The Balaban J connectivity index is 2.38. The molecule has 0 amide bonds. The summed E-state index contributed by atoms with van der Waals surface area (Å²) in [7, 11) is 0. The molecule has 1 aliphatic heterocycles. The molecular weight excluding hydrogens is 190 g/mol. The van der Waals surface area contributed by atoms with E-state index < -0.39 is 17.6 Å². The second-order valence-electron chi connectivity index (χ2n) is 2.87. The maximum atomic E-state index is 13.2. The molecule has 4 heteroatoms. The average molecular weight is 196 g/mol. The number of rotatable bonds is 1. The molecular formula is C10H6F2O2. The lowest BCUT2D eigenvalue weighted by molar-refractivity contribution is -0.134. The molecule has 0 bridgehead atoms. The number of benzene rings is 1. The predicted molar refractivity (Wildman–Crippen MR) is 45.0 cm³/mol. The van der Waals surface area contributed by atoms with Crippen molar-refractivity contribution in [3.63, 3.8) is 0 Å². The van der Waals surface area contributed by atoms with E-state index in [2.05, 4.69) is 0 Å². The van der Waals surface area contributed by atoms with E-state index >= 15 is 0 Å². The molecule has 1 aliphatic rings. The molecule has 1 aromatic carbocycles. The molecule has 0 unspecified atom stereocenters. The van der Waals surface area contributed by atoms with Crippen molar-refractivity contribution < 1.29 is 18.3 Å². The monoisotopic (exact) mass is 196 g/mol. The van der Waals surface area contributed by atoms with Crippen LogP contribution in [0.25, 0.3) is 5.76 Å². The van der Waals surface area contributed by atoms with E-state index in [1.54, 1.807) is 0 Å². The van der Waals surface area contributed by atoms with Gasteiger partial charge in [0.1, 0.15) is 17.4 Å². The zero-order valence-corrected chi connectivity index (χ0v) is 7.09. The standard InChI is InChI=1S/C10H6F2O2/c11-6-1-2-7(8(12)5-6)9-3-4-10(13)14-9/h1-3,5H,4H2. The minimum absolute atomic E-state index is 0.109. The summed E-state index contributed by atoms with van der Waals surface area (Å²) in [5.41, 5.74) is 0.109. The highest BCUT2D eigenvalue weighted by Crippen LogP contribution is 2.25. The SMILES string of the molecule is O=C1CC=C(c2ccc(F)cc2F)O1. The average Bonchev–Trinajstić information content (AvgIpc) is 2.51. The molecule has 0 atom stereocenters. The first-order valence-corrected chi connectivity index (χ1v) is 4.03. The van der Waals surface area contributed by atoms with Crippen molar-refractivity contribution >= 4 is 11.7 Å². The zero-order valence-electron chi connectivity index (χ0n) is 7.09. The Morgan fingerprint density at radius 2 is 2.07 bits per heavy atom. The quantitative estimate of drug-likeness (QED) is 0.644. The van der Waals surface area contributed by atoms with E-state index in [1.165, 1.54) is 12.1 Å². The maximum Gasteiger partial charge on any atom is 0.315 e. The molecule has 1 heterocycles. The molecule has 2 nitrogen and oxygen atoms in total. The number of carbonyl (C=O) groups excluding carboxylic acids is 1. The van der Waals surface area contributed by atoms with Crippen LogP contribution in [0.2, 0.25) is 0 Å². The zero-order chi connectivity index (χ0) is 10.1. The van der Waals surface area contributed by atoms with Gasteiger partial charge in [0.15, 0.2) is 0 Å². The lowest BCUT2D eigenvalue weighted by atomic mass is 10.1. The van der Waals surface area contributed by atoms with Crippen molar-refractivity contribution in [2.45, 2.75) is 6.42 Å². The Hall–Kier alpha value is -1.71. The van der Waals surface area contributed by atoms with Crippen molar-refractivity contribution in [3.05, 3.63) is 41.5 Å². The highest BCUT2D eigenvalue weighted by Gasteiger charge is 2.18. The Kier molecular flexibility index (Phi) is 2.04. The van der Waals surface area contributed by atoms with Crippen molar-refractivity contribution in [2.75, 3.05) is 0 Å². The van der Waals surface area contributed by atoms with Gasteiger partial charge in [0.2, 0.25) is 0 Å². The van der Waals surface area contributed by atoms with Gasteiger partial charge in [-0.15, -0.1) is 0 Å². The highest BCUT2D eigenvalue weighted by atomic mass is 19.1. The molecule has 1 aromatic rings. The molecule has 0 N–H and O–H groups in total. The van der Waals surface area contributed by atoms with Gasteiger partial charge in [0, 0.05) is 6.07 Å². The minimum Gasteiger partial charge on any atom is -0.426 e. The fourth-order valence-electron chi connectivity index (χ4n) is 1.24. The van der Waals surface area contributed by atoms with E-state index in [-0.39, 0.29) is 17.7 Å². The summed E-state index contributed by atoms with van der Waals surface area (Å²) < 4.78 is 30.4.